The number of furan rings is 1. The van der Waals surface area contributed by atoms with Crippen molar-refractivity contribution in [3.8, 4) is 0 Å². The van der Waals surface area contributed by atoms with E-state index in [1.54, 1.807) is 42.5 Å². The van der Waals surface area contributed by atoms with Crippen molar-refractivity contribution in [2.75, 3.05) is 0 Å². The highest BCUT2D eigenvalue weighted by Gasteiger charge is 2.22. The number of carboxylic acid groups (broad SMARTS) is 1. The van der Waals surface area contributed by atoms with Crippen LogP contribution in [0.25, 0.3) is 0 Å². The minimum atomic E-state index is -1.10. The van der Waals surface area contributed by atoms with Gasteiger partial charge in [0.15, 0.2) is 0 Å². The zero-order valence-corrected chi connectivity index (χ0v) is 10.1. The number of amides is 1. The number of carbonyl (C=O) groups is 2. The highest BCUT2D eigenvalue weighted by atomic mass is 16.4. The molecule has 5 nitrogen and oxygen atoms in total. The Morgan fingerprint density at radius 2 is 1.89 bits per heavy atom. The van der Waals surface area contributed by atoms with Crippen molar-refractivity contribution in [2.24, 2.45) is 0 Å². The van der Waals surface area contributed by atoms with Gasteiger partial charge in [0.25, 0.3) is 5.91 Å². The first-order valence-electron chi connectivity index (χ1n) is 5.78. The Balaban J connectivity index is 2.05. The van der Waals surface area contributed by atoms with Crippen LogP contribution in [0.5, 0.6) is 0 Å². The summed E-state index contributed by atoms with van der Waals surface area (Å²) < 4.78 is 5.09. The van der Waals surface area contributed by atoms with Crippen LogP contribution >= 0.6 is 0 Å². The zero-order valence-electron chi connectivity index (χ0n) is 10.1. The molecule has 0 bridgehead atoms. The molecule has 0 unspecified atom stereocenters. The predicted molar refractivity (Wildman–Crippen MR) is 67.7 cm³/mol. The summed E-state index contributed by atoms with van der Waals surface area (Å²) in [5.41, 5.74) is 0.424. The molecule has 2 aromatic rings. The van der Waals surface area contributed by atoms with Crippen molar-refractivity contribution in [3.63, 3.8) is 0 Å². The summed E-state index contributed by atoms with van der Waals surface area (Å²) in [5, 5.41) is 11.6. The quantitative estimate of drug-likeness (QED) is 0.856. The number of aliphatic carboxylic acids is 1. The molecule has 0 saturated heterocycles. The molecule has 0 saturated carbocycles. The lowest BCUT2D eigenvalue weighted by atomic mass is 10.1. The maximum Gasteiger partial charge on any atom is 0.326 e. The van der Waals surface area contributed by atoms with E-state index in [0.29, 0.717) is 11.3 Å². The lowest BCUT2D eigenvalue weighted by molar-refractivity contribution is -0.139. The first kappa shape index (κ1) is 12.9. The predicted octanol–water partition coefficient (Wildman–Crippen LogP) is 1.71. The van der Waals surface area contributed by atoms with Gasteiger partial charge in [-0.1, -0.05) is 18.2 Å². The van der Waals surface area contributed by atoms with E-state index in [4.69, 9.17) is 9.52 Å². The van der Waals surface area contributed by atoms with Crippen molar-refractivity contribution in [1.29, 1.82) is 0 Å². The minimum absolute atomic E-state index is 0.112. The minimum Gasteiger partial charge on any atom is -0.480 e. The molecule has 0 aliphatic heterocycles. The monoisotopic (exact) mass is 259 g/mol. The Morgan fingerprint density at radius 3 is 2.47 bits per heavy atom. The fourth-order valence-electron chi connectivity index (χ4n) is 1.66. The first-order chi connectivity index (χ1) is 9.16. The summed E-state index contributed by atoms with van der Waals surface area (Å²) >= 11 is 0. The highest BCUT2D eigenvalue weighted by Crippen LogP contribution is 2.06. The van der Waals surface area contributed by atoms with Crippen LogP contribution in [0.1, 0.15) is 16.1 Å². The van der Waals surface area contributed by atoms with Crippen LogP contribution in [-0.2, 0) is 11.2 Å². The van der Waals surface area contributed by atoms with Crippen molar-refractivity contribution in [2.45, 2.75) is 12.5 Å². The number of rotatable bonds is 5. The van der Waals surface area contributed by atoms with Gasteiger partial charge in [-0.25, -0.2) is 4.79 Å². The van der Waals surface area contributed by atoms with E-state index in [2.05, 4.69) is 5.32 Å². The highest BCUT2D eigenvalue weighted by molar-refractivity contribution is 5.96. The molecule has 1 aromatic carbocycles. The van der Waals surface area contributed by atoms with E-state index in [1.165, 1.54) is 6.26 Å². The number of carboxylic acids is 1. The SMILES string of the molecule is O=C(N[C@H](Cc1ccco1)C(=O)O)c1ccccc1. The van der Waals surface area contributed by atoms with E-state index < -0.39 is 17.9 Å². The second-order valence-corrected chi connectivity index (χ2v) is 4.01. The van der Waals surface area contributed by atoms with Crippen LogP contribution in [-0.4, -0.2) is 23.0 Å². The zero-order chi connectivity index (χ0) is 13.7. The molecule has 1 heterocycles. The molecule has 0 spiro atoms. The van der Waals surface area contributed by atoms with Gasteiger partial charge < -0.3 is 14.8 Å². The van der Waals surface area contributed by atoms with Crippen molar-refractivity contribution in [3.05, 3.63) is 60.1 Å². The molecule has 19 heavy (non-hydrogen) atoms. The molecule has 1 amide bonds. The first-order valence-corrected chi connectivity index (χ1v) is 5.78. The molecule has 5 heteroatoms. The second-order valence-electron chi connectivity index (χ2n) is 4.01. The van der Waals surface area contributed by atoms with Crippen molar-refractivity contribution >= 4 is 11.9 Å². The largest absolute Gasteiger partial charge is 0.480 e. The fraction of sp³-hybridized carbons (Fsp3) is 0.143. The van der Waals surface area contributed by atoms with E-state index in [-0.39, 0.29) is 6.42 Å². The Morgan fingerprint density at radius 1 is 1.16 bits per heavy atom. The molecule has 1 aromatic heterocycles. The lowest BCUT2D eigenvalue weighted by Crippen LogP contribution is -2.42. The Bertz CT molecular complexity index is 548. The standard InChI is InChI=1S/C14H13NO4/c16-13(10-5-2-1-3-6-10)15-12(14(17)18)9-11-7-4-8-19-11/h1-8,12H,9H2,(H,15,16)(H,17,18)/t12-/m1/s1. The summed E-state index contributed by atoms with van der Waals surface area (Å²) in [6.07, 6.45) is 1.58. The molecule has 2 N–H and O–H groups in total. The second kappa shape index (κ2) is 5.86. The summed E-state index contributed by atoms with van der Waals surface area (Å²) in [6.45, 7) is 0. The van der Waals surface area contributed by atoms with E-state index in [0.717, 1.165) is 0 Å². The van der Waals surface area contributed by atoms with Crippen molar-refractivity contribution in [1.82, 2.24) is 5.32 Å². The summed E-state index contributed by atoms with van der Waals surface area (Å²) in [4.78, 5) is 23.0. The van der Waals surface area contributed by atoms with Crippen LogP contribution in [0.15, 0.2) is 53.1 Å². The Labute approximate surface area is 109 Å². The van der Waals surface area contributed by atoms with Crippen LogP contribution in [0.2, 0.25) is 0 Å². The van der Waals surface area contributed by atoms with Gasteiger partial charge in [-0.15, -0.1) is 0 Å². The average Bonchev–Trinajstić information content (AvgIpc) is 2.91. The van der Waals surface area contributed by atoms with Crippen LogP contribution in [0.4, 0.5) is 0 Å². The molecule has 0 radical (unpaired) electrons. The van der Waals surface area contributed by atoms with Crippen LogP contribution < -0.4 is 5.32 Å². The van der Waals surface area contributed by atoms with Gasteiger partial charge in [0.1, 0.15) is 11.8 Å². The van der Waals surface area contributed by atoms with Gasteiger partial charge in [0.05, 0.1) is 6.26 Å². The topological polar surface area (TPSA) is 79.5 Å². The third kappa shape index (κ3) is 3.45. The molecular weight excluding hydrogens is 246 g/mol. The smallest absolute Gasteiger partial charge is 0.326 e. The van der Waals surface area contributed by atoms with Crippen LogP contribution in [0.3, 0.4) is 0 Å². The molecule has 0 aliphatic carbocycles. The number of hydrogen-bond donors (Lipinski definition) is 2. The average molecular weight is 259 g/mol. The molecule has 0 aliphatic rings. The molecular formula is C14H13NO4. The van der Waals surface area contributed by atoms with Crippen molar-refractivity contribution < 1.29 is 19.1 Å². The number of hydrogen-bond acceptors (Lipinski definition) is 3. The number of nitrogens with one attached hydrogen (secondary N) is 1. The van der Waals surface area contributed by atoms with Gasteiger partial charge in [-0.05, 0) is 24.3 Å². The third-order valence-electron chi connectivity index (χ3n) is 2.62. The van der Waals surface area contributed by atoms with Gasteiger partial charge >= 0.3 is 5.97 Å². The lowest BCUT2D eigenvalue weighted by Gasteiger charge is -2.13. The van der Waals surface area contributed by atoms with Gasteiger partial charge in [0.2, 0.25) is 0 Å². The Kier molecular flexibility index (Phi) is 3.97. The summed E-state index contributed by atoms with van der Waals surface area (Å²) in [7, 11) is 0. The van der Waals surface area contributed by atoms with E-state index >= 15 is 0 Å². The normalized spacial score (nSPS) is 11.8. The van der Waals surface area contributed by atoms with Gasteiger partial charge in [-0.3, -0.25) is 4.79 Å². The molecule has 0 fully saturated rings. The van der Waals surface area contributed by atoms with E-state index in [1.807, 2.05) is 0 Å². The molecule has 1 atom stereocenters. The van der Waals surface area contributed by atoms with E-state index in [9.17, 15) is 9.59 Å². The van der Waals surface area contributed by atoms with Gasteiger partial charge in [0, 0.05) is 12.0 Å². The Hall–Kier alpha value is -2.56. The third-order valence-corrected chi connectivity index (χ3v) is 2.62. The fourth-order valence-corrected chi connectivity index (χ4v) is 1.66. The summed E-state index contributed by atoms with van der Waals surface area (Å²) in [6, 6.07) is 10.8. The van der Waals surface area contributed by atoms with Crippen LogP contribution in [0, 0.1) is 0 Å². The maximum atomic E-state index is 11.9. The van der Waals surface area contributed by atoms with Gasteiger partial charge in [-0.2, -0.15) is 0 Å². The molecule has 98 valence electrons. The number of carbonyl (C=O) groups excluding carboxylic acids is 1. The molecule has 2 rings (SSSR count). The maximum absolute atomic E-state index is 11.9. The number of benzene rings is 1. The summed E-state index contributed by atoms with van der Waals surface area (Å²) in [5.74, 6) is -0.999.